The van der Waals surface area contributed by atoms with Crippen molar-refractivity contribution in [2.24, 2.45) is 23.7 Å². The summed E-state index contributed by atoms with van der Waals surface area (Å²) in [4.78, 5) is 0. The van der Waals surface area contributed by atoms with Crippen LogP contribution in [0, 0.1) is 23.7 Å². The van der Waals surface area contributed by atoms with E-state index in [-0.39, 0.29) is 7.92 Å². The summed E-state index contributed by atoms with van der Waals surface area (Å²) in [6, 6.07) is 9.75. The molecule has 0 heterocycles. The van der Waals surface area contributed by atoms with Crippen LogP contribution in [0.2, 0.25) is 0 Å². The Balaban J connectivity index is 2.14. The Morgan fingerprint density at radius 2 is 1.55 bits per heavy atom. The second kappa shape index (κ2) is 12.2. The van der Waals surface area contributed by atoms with Gasteiger partial charge < -0.3 is 0 Å². The fraction of sp³-hybridized carbons (Fsp3) is 0.688. The average molecular weight is 467 g/mol. The first-order valence-electron chi connectivity index (χ1n) is 14.1. The first-order chi connectivity index (χ1) is 15.8. The van der Waals surface area contributed by atoms with Crippen molar-refractivity contribution in [3.05, 3.63) is 53.1 Å². The molecule has 0 aromatic heterocycles. The van der Waals surface area contributed by atoms with Crippen LogP contribution in [0.5, 0.6) is 0 Å². The van der Waals surface area contributed by atoms with Crippen molar-refractivity contribution in [2.75, 3.05) is 0 Å². The van der Waals surface area contributed by atoms with Crippen molar-refractivity contribution in [2.45, 2.75) is 118 Å². The van der Waals surface area contributed by atoms with Crippen molar-refractivity contribution in [3.8, 4) is 0 Å². The molecule has 1 fully saturated rings. The lowest BCUT2D eigenvalue weighted by Gasteiger charge is -2.41. The molecule has 0 N–H and O–H groups in total. The summed E-state index contributed by atoms with van der Waals surface area (Å²) in [5.41, 5.74) is 6.65. The molecule has 0 saturated heterocycles. The van der Waals surface area contributed by atoms with Gasteiger partial charge in [-0.3, -0.25) is 0 Å². The minimum absolute atomic E-state index is 0.135. The zero-order chi connectivity index (χ0) is 24.1. The highest BCUT2D eigenvalue weighted by molar-refractivity contribution is 7.67. The monoisotopic (exact) mass is 466 g/mol. The molecule has 1 saturated carbocycles. The summed E-state index contributed by atoms with van der Waals surface area (Å²) >= 11 is 0. The van der Waals surface area contributed by atoms with E-state index in [0.717, 1.165) is 11.3 Å². The van der Waals surface area contributed by atoms with Crippen LogP contribution in [0.1, 0.15) is 112 Å². The highest BCUT2D eigenvalue weighted by Crippen LogP contribution is 2.55. The van der Waals surface area contributed by atoms with Crippen LogP contribution >= 0.6 is 7.92 Å². The van der Waals surface area contributed by atoms with E-state index in [1.165, 1.54) is 44.9 Å². The van der Waals surface area contributed by atoms with Crippen LogP contribution in [0.15, 0.2) is 47.6 Å². The maximum Gasteiger partial charge on any atom is 0.0126 e. The summed E-state index contributed by atoms with van der Waals surface area (Å²) in [5, 5.41) is 1.75. The van der Waals surface area contributed by atoms with Crippen LogP contribution in [0.25, 0.3) is 0 Å². The summed E-state index contributed by atoms with van der Waals surface area (Å²) < 4.78 is 0. The molecule has 4 atom stereocenters. The lowest BCUT2D eigenvalue weighted by molar-refractivity contribution is 0.392. The highest BCUT2D eigenvalue weighted by Gasteiger charge is 2.37. The third-order valence-electron chi connectivity index (χ3n) is 8.26. The number of hydrogen-bond acceptors (Lipinski definition) is 0. The Labute approximate surface area is 207 Å². The minimum Gasteiger partial charge on any atom is -0.0767 e. The molecular weight excluding hydrogens is 415 g/mol. The van der Waals surface area contributed by atoms with Crippen molar-refractivity contribution < 1.29 is 0 Å². The van der Waals surface area contributed by atoms with E-state index in [1.807, 2.05) is 0 Å². The average Bonchev–Trinajstić information content (AvgIpc) is 2.79. The molecular formula is C32H51P. The standard InChI is InChI=1S/C32H51P/c1-9-15-25(8)33(27-16-11-10-12-17-27)31-19-14-13-18-28(31)32-29(23(4)5)20-26(22(2)3)21-30(32)24(6)7/h13-14,18-25,27,29,32H,9-12,15-17H2,1-8H3. The van der Waals surface area contributed by atoms with Gasteiger partial charge >= 0.3 is 0 Å². The molecule has 0 bridgehead atoms. The van der Waals surface area contributed by atoms with E-state index in [9.17, 15) is 0 Å². The van der Waals surface area contributed by atoms with E-state index in [2.05, 4.69) is 91.8 Å². The first-order valence-corrected chi connectivity index (χ1v) is 15.5. The summed E-state index contributed by atoms with van der Waals surface area (Å²) in [6.45, 7) is 19.4. The van der Waals surface area contributed by atoms with Crippen LogP contribution in [0.3, 0.4) is 0 Å². The van der Waals surface area contributed by atoms with Gasteiger partial charge in [0.1, 0.15) is 0 Å². The molecule has 0 amide bonds. The fourth-order valence-electron chi connectivity index (χ4n) is 6.42. The Hall–Kier alpha value is -0.870. The van der Waals surface area contributed by atoms with Gasteiger partial charge in [0.25, 0.3) is 0 Å². The lowest BCUT2D eigenvalue weighted by Crippen LogP contribution is -2.31. The van der Waals surface area contributed by atoms with Crippen LogP contribution in [0.4, 0.5) is 0 Å². The molecule has 0 nitrogen and oxygen atoms in total. The van der Waals surface area contributed by atoms with E-state index in [4.69, 9.17) is 0 Å². The van der Waals surface area contributed by atoms with Crippen LogP contribution in [-0.2, 0) is 0 Å². The van der Waals surface area contributed by atoms with Crippen LogP contribution < -0.4 is 5.30 Å². The summed E-state index contributed by atoms with van der Waals surface area (Å²) in [6.07, 6.45) is 15.2. The van der Waals surface area contributed by atoms with Gasteiger partial charge in [0.05, 0.1) is 0 Å². The molecule has 33 heavy (non-hydrogen) atoms. The number of rotatable bonds is 9. The molecule has 0 spiro atoms. The van der Waals surface area contributed by atoms with E-state index < -0.39 is 0 Å². The topological polar surface area (TPSA) is 0 Å². The maximum atomic E-state index is 2.65. The van der Waals surface area contributed by atoms with Crippen molar-refractivity contribution in [1.82, 2.24) is 0 Å². The van der Waals surface area contributed by atoms with Gasteiger partial charge in [-0.25, -0.2) is 0 Å². The maximum absolute atomic E-state index is 2.65. The fourth-order valence-corrected chi connectivity index (χ4v) is 10.2. The lowest BCUT2D eigenvalue weighted by atomic mass is 9.67. The van der Waals surface area contributed by atoms with E-state index in [0.29, 0.717) is 29.6 Å². The molecule has 2 aliphatic carbocycles. The zero-order valence-corrected chi connectivity index (χ0v) is 23.8. The predicted octanol–water partition coefficient (Wildman–Crippen LogP) is 9.85. The number of benzene rings is 1. The molecule has 1 aromatic carbocycles. The van der Waals surface area contributed by atoms with Gasteiger partial charge in [-0.05, 0) is 70.7 Å². The van der Waals surface area contributed by atoms with Crippen molar-refractivity contribution in [1.29, 1.82) is 0 Å². The van der Waals surface area contributed by atoms with E-state index >= 15 is 0 Å². The Kier molecular flexibility index (Phi) is 9.88. The zero-order valence-electron chi connectivity index (χ0n) is 22.9. The van der Waals surface area contributed by atoms with Crippen molar-refractivity contribution >= 4 is 13.2 Å². The van der Waals surface area contributed by atoms with Gasteiger partial charge in [0, 0.05) is 5.92 Å². The molecule has 1 aromatic rings. The molecule has 0 aliphatic heterocycles. The molecule has 4 unspecified atom stereocenters. The minimum atomic E-state index is -0.135. The van der Waals surface area contributed by atoms with Crippen LogP contribution in [-0.4, -0.2) is 11.3 Å². The highest BCUT2D eigenvalue weighted by atomic mass is 31.1. The molecule has 1 heteroatoms. The number of hydrogen-bond donors (Lipinski definition) is 0. The smallest absolute Gasteiger partial charge is 0.0126 e. The second-order valence-corrected chi connectivity index (χ2v) is 14.7. The molecule has 0 radical (unpaired) electrons. The number of allylic oxidation sites excluding steroid dienone is 4. The van der Waals surface area contributed by atoms with Gasteiger partial charge in [0.2, 0.25) is 0 Å². The summed E-state index contributed by atoms with van der Waals surface area (Å²) in [7, 11) is -0.135. The van der Waals surface area contributed by atoms with Gasteiger partial charge in [0.15, 0.2) is 0 Å². The molecule has 2 aliphatic rings. The predicted molar refractivity (Wildman–Crippen MR) is 151 cm³/mol. The Morgan fingerprint density at radius 1 is 0.879 bits per heavy atom. The van der Waals surface area contributed by atoms with Gasteiger partial charge in [-0.2, -0.15) is 0 Å². The Morgan fingerprint density at radius 3 is 2.12 bits per heavy atom. The normalized spacial score (nSPS) is 24.2. The second-order valence-electron chi connectivity index (χ2n) is 11.8. The SMILES string of the molecule is CCCC(C)P(c1ccccc1C1C(C(C)C)=CC(C(C)C)=CC1C(C)C)C1CCCCC1. The van der Waals surface area contributed by atoms with Gasteiger partial charge in [-0.1, -0.05) is 131 Å². The van der Waals surface area contributed by atoms with E-state index in [1.54, 1.807) is 22.0 Å². The Bertz CT molecular complexity index is 806. The third kappa shape index (κ3) is 6.23. The van der Waals surface area contributed by atoms with Gasteiger partial charge in [-0.15, -0.1) is 0 Å². The quantitative estimate of drug-likeness (QED) is 0.318. The third-order valence-corrected chi connectivity index (χ3v) is 11.7. The molecule has 184 valence electrons. The molecule has 3 rings (SSSR count). The van der Waals surface area contributed by atoms with Crippen molar-refractivity contribution in [3.63, 3.8) is 0 Å². The first kappa shape index (κ1) is 26.7. The summed E-state index contributed by atoms with van der Waals surface area (Å²) in [5.74, 6) is 2.95. The largest absolute Gasteiger partial charge is 0.0767 e.